The quantitative estimate of drug-likeness (QED) is 0.665. The molecule has 0 bridgehead atoms. The van der Waals surface area contributed by atoms with Crippen LogP contribution in [-0.4, -0.2) is 21.9 Å². The lowest BCUT2D eigenvalue weighted by Gasteiger charge is -2.41. The molecule has 2 aromatic carbocycles. The Kier molecular flexibility index (Phi) is 5.16. The zero-order valence-corrected chi connectivity index (χ0v) is 16.0. The standard InChI is InChI=1S/C23H21FN2O3/c1-25-13-12-20(27)22(29-15-16-5-3-2-4-6-16)21(25)23(28)26-14-11-19(26)17-7-9-18(24)10-8-17/h2-10,12-13,19H,11,14-15H2,1H3. The number of carbonyl (C=O) groups excluding carboxylic acids is 1. The minimum absolute atomic E-state index is 0.0496. The number of hydrogen-bond acceptors (Lipinski definition) is 3. The zero-order chi connectivity index (χ0) is 20.4. The van der Waals surface area contributed by atoms with E-state index in [-0.39, 0.29) is 41.2 Å². The highest BCUT2D eigenvalue weighted by Crippen LogP contribution is 2.35. The molecule has 4 rings (SSSR count). The summed E-state index contributed by atoms with van der Waals surface area (Å²) >= 11 is 0. The third kappa shape index (κ3) is 3.78. The van der Waals surface area contributed by atoms with Crippen LogP contribution in [0.1, 0.15) is 34.1 Å². The zero-order valence-electron chi connectivity index (χ0n) is 16.0. The molecule has 0 aliphatic carbocycles. The summed E-state index contributed by atoms with van der Waals surface area (Å²) in [5, 5.41) is 0. The average molecular weight is 392 g/mol. The molecule has 1 aliphatic heterocycles. The maximum Gasteiger partial charge on any atom is 0.275 e. The van der Waals surface area contributed by atoms with Gasteiger partial charge in [-0.15, -0.1) is 0 Å². The first-order chi connectivity index (χ1) is 14.0. The highest BCUT2D eigenvalue weighted by molar-refractivity contribution is 5.96. The van der Waals surface area contributed by atoms with Gasteiger partial charge in [-0.1, -0.05) is 42.5 Å². The van der Waals surface area contributed by atoms with Gasteiger partial charge in [-0.05, 0) is 29.7 Å². The largest absolute Gasteiger partial charge is 0.483 e. The molecule has 1 atom stereocenters. The van der Waals surface area contributed by atoms with Crippen LogP contribution < -0.4 is 10.2 Å². The van der Waals surface area contributed by atoms with E-state index in [0.717, 1.165) is 17.5 Å². The number of carbonyl (C=O) groups is 1. The lowest BCUT2D eigenvalue weighted by atomic mass is 9.94. The summed E-state index contributed by atoms with van der Waals surface area (Å²) in [4.78, 5) is 27.5. The second kappa shape index (κ2) is 7.91. The van der Waals surface area contributed by atoms with E-state index in [4.69, 9.17) is 4.74 Å². The molecule has 0 spiro atoms. The minimum Gasteiger partial charge on any atom is -0.483 e. The summed E-state index contributed by atoms with van der Waals surface area (Å²) in [6, 6.07) is 16.9. The third-order valence-corrected chi connectivity index (χ3v) is 5.20. The number of likely N-dealkylation sites (tertiary alicyclic amines) is 1. The Morgan fingerprint density at radius 2 is 1.83 bits per heavy atom. The number of aromatic nitrogens is 1. The third-order valence-electron chi connectivity index (χ3n) is 5.20. The van der Waals surface area contributed by atoms with Gasteiger partial charge in [0.1, 0.15) is 12.4 Å². The van der Waals surface area contributed by atoms with Gasteiger partial charge < -0.3 is 14.2 Å². The Labute approximate surface area is 168 Å². The van der Waals surface area contributed by atoms with Crippen molar-refractivity contribution >= 4 is 5.91 Å². The van der Waals surface area contributed by atoms with Crippen LogP contribution in [-0.2, 0) is 13.7 Å². The molecule has 1 fully saturated rings. The van der Waals surface area contributed by atoms with Crippen LogP contribution in [0.5, 0.6) is 5.75 Å². The van der Waals surface area contributed by atoms with E-state index in [2.05, 4.69) is 0 Å². The number of nitrogens with zero attached hydrogens (tertiary/aromatic N) is 2. The first kappa shape index (κ1) is 18.9. The molecular weight excluding hydrogens is 371 g/mol. The molecule has 0 N–H and O–H groups in total. The van der Waals surface area contributed by atoms with Gasteiger partial charge in [0, 0.05) is 25.9 Å². The molecule has 1 aliphatic rings. The summed E-state index contributed by atoms with van der Waals surface area (Å²) in [6.07, 6.45) is 2.36. The van der Waals surface area contributed by atoms with Crippen molar-refractivity contribution in [2.24, 2.45) is 7.05 Å². The second-order valence-electron chi connectivity index (χ2n) is 7.10. The fourth-order valence-electron chi connectivity index (χ4n) is 3.52. The predicted molar refractivity (Wildman–Crippen MR) is 107 cm³/mol. The molecule has 1 amide bonds. The summed E-state index contributed by atoms with van der Waals surface area (Å²) in [5.74, 6) is -0.532. The molecule has 1 aromatic heterocycles. The molecule has 5 nitrogen and oxygen atoms in total. The first-order valence-corrected chi connectivity index (χ1v) is 9.47. The summed E-state index contributed by atoms with van der Waals surface area (Å²) in [7, 11) is 1.72. The average Bonchev–Trinajstić information content (AvgIpc) is 2.70. The van der Waals surface area contributed by atoms with Crippen molar-refractivity contribution in [3.8, 4) is 5.75 Å². The van der Waals surface area contributed by atoms with Gasteiger partial charge in [0.25, 0.3) is 5.91 Å². The Morgan fingerprint density at radius 1 is 1.10 bits per heavy atom. The maximum atomic E-state index is 13.3. The SMILES string of the molecule is Cn1ccc(=O)c(OCc2ccccc2)c1C(=O)N1CCC1c1ccc(F)cc1. The molecule has 29 heavy (non-hydrogen) atoms. The Hall–Kier alpha value is -3.41. The van der Waals surface area contributed by atoms with E-state index in [1.165, 1.54) is 18.2 Å². The number of benzene rings is 2. The van der Waals surface area contributed by atoms with Crippen molar-refractivity contribution in [3.05, 3.63) is 99.7 Å². The maximum absolute atomic E-state index is 13.3. The van der Waals surface area contributed by atoms with Gasteiger partial charge in [0.05, 0.1) is 6.04 Å². The van der Waals surface area contributed by atoms with E-state index in [1.54, 1.807) is 34.8 Å². The van der Waals surface area contributed by atoms with Crippen molar-refractivity contribution in [3.63, 3.8) is 0 Å². The van der Waals surface area contributed by atoms with Crippen LogP contribution in [0.25, 0.3) is 0 Å². The monoisotopic (exact) mass is 392 g/mol. The van der Waals surface area contributed by atoms with Crippen LogP contribution in [0.4, 0.5) is 4.39 Å². The van der Waals surface area contributed by atoms with Gasteiger partial charge in [-0.3, -0.25) is 9.59 Å². The highest BCUT2D eigenvalue weighted by atomic mass is 19.1. The lowest BCUT2D eigenvalue weighted by Crippen LogP contribution is -2.46. The van der Waals surface area contributed by atoms with Gasteiger partial charge in [-0.25, -0.2) is 4.39 Å². The van der Waals surface area contributed by atoms with Crippen molar-refractivity contribution in [1.82, 2.24) is 9.47 Å². The number of pyridine rings is 1. The number of rotatable bonds is 5. The van der Waals surface area contributed by atoms with Crippen molar-refractivity contribution in [1.29, 1.82) is 0 Å². The van der Waals surface area contributed by atoms with Crippen LogP contribution in [0.3, 0.4) is 0 Å². The van der Waals surface area contributed by atoms with Crippen LogP contribution in [0, 0.1) is 5.82 Å². The van der Waals surface area contributed by atoms with Gasteiger partial charge in [0.2, 0.25) is 5.43 Å². The second-order valence-corrected chi connectivity index (χ2v) is 7.10. The van der Waals surface area contributed by atoms with Crippen LogP contribution >= 0.6 is 0 Å². The topological polar surface area (TPSA) is 51.5 Å². The number of hydrogen-bond donors (Lipinski definition) is 0. The van der Waals surface area contributed by atoms with Gasteiger partial charge >= 0.3 is 0 Å². The molecule has 2 heterocycles. The molecule has 0 radical (unpaired) electrons. The Bertz CT molecular complexity index is 1080. The fourth-order valence-corrected chi connectivity index (χ4v) is 3.52. The molecular formula is C23H21FN2O3. The lowest BCUT2D eigenvalue weighted by molar-refractivity contribution is 0.0443. The smallest absolute Gasteiger partial charge is 0.275 e. The Morgan fingerprint density at radius 3 is 2.48 bits per heavy atom. The number of amides is 1. The molecule has 0 saturated carbocycles. The van der Waals surface area contributed by atoms with Gasteiger partial charge in [0.15, 0.2) is 11.4 Å². The van der Waals surface area contributed by atoms with Crippen molar-refractivity contribution in [2.45, 2.75) is 19.1 Å². The number of ether oxygens (including phenoxy) is 1. The number of aryl methyl sites for hydroxylation is 1. The first-order valence-electron chi connectivity index (χ1n) is 9.47. The van der Waals surface area contributed by atoms with Crippen molar-refractivity contribution in [2.75, 3.05) is 6.54 Å². The Balaban J connectivity index is 1.62. The van der Waals surface area contributed by atoms with E-state index in [0.29, 0.717) is 6.54 Å². The van der Waals surface area contributed by atoms with E-state index < -0.39 is 0 Å². The molecule has 3 aromatic rings. The van der Waals surface area contributed by atoms with E-state index in [1.807, 2.05) is 30.3 Å². The van der Waals surface area contributed by atoms with E-state index >= 15 is 0 Å². The normalized spacial score (nSPS) is 15.7. The van der Waals surface area contributed by atoms with Crippen LogP contribution in [0.2, 0.25) is 0 Å². The molecule has 1 unspecified atom stereocenters. The van der Waals surface area contributed by atoms with Gasteiger partial charge in [-0.2, -0.15) is 0 Å². The molecule has 6 heteroatoms. The van der Waals surface area contributed by atoms with Crippen molar-refractivity contribution < 1.29 is 13.9 Å². The summed E-state index contributed by atoms with van der Waals surface area (Å²) in [6.45, 7) is 0.768. The summed E-state index contributed by atoms with van der Waals surface area (Å²) < 4.78 is 20.6. The minimum atomic E-state index is -0.332. The fraction of sp³-hybridized carbons (Fsp3) is 0.217. The van der Waals surface area contributed by atoms with E-state index in [9.17, 15) is 14.0 Å². The predicted octanol–water partition coefficient (Wildman–Crippen LogP) is 3.69. The molecule has 148 valence electrons. The number of halogens is 1. The summed E-state index contributed by atoms with van der Waals surface area (Å²) in [5.41, 5.74) is 1.67. The molecule has 1 saturated heterocycles. The van der Waals surface area contributed by atoms with Crippen LogP contribution in [0.15, 0.2) is 71.7 Å². The highest BCUT2D eigenvalue weighted by Gasteiger charge is 2.36.